The zero-order valence-corrected chi connectivity index (χ0v) is 11.3. The van der Waals surface area contributed by atoms with E-state index in [1.54, 1.807) is 24.3 Å². The van der Waals surface area contributed by atoms with Crippen LogP contribution in [0.1, 0.15) is 5.56 Å². The first-order chi connectivity index (χ1) is 8.94. The molecule has 0 unspecified atom stereocenters. The molecule has 6 nitrogen and oxygen atoms in total. The van der Waals surface area contributed by atoms with Gasteiger partial charge in [0.2, 0.25) is 16.0 Å². The van der Waals surface area contributed by atoms with E-state index in [2.05, 4.69) is 14.7 Å². The number of halogens is 1. The average Bonchev–Trinajstić information content (AvgIpc) is 2.27. The summed E-state index contributed by atoms with van der Waals surface area (Å²) in [6.45, 7) is 0. The molecule has 1 aromatic heterocycles. The molecule has 0 radical (unpaired) electrons. The topological polar surface area (TPSA) is 98.0 Å². The van der Waals surface area contributed by atoms with Gasteiger partial charge in [-0.05, 0) is 23.8 Å². The summed E-state index contributed by atoms with van der Waals surface area (Å²) in [5.74, 6) is -0.273. The van der Waals surface area contributed by atoms with E-state index in [0.717, 1.165) is 0 Å². The van der Waals surface area contributed by atoms with Crippen molar-refractivity contribution >= 4 is 33.3 Å². The number of nitrogens with one attached hydrogen (secondary N) is 1. The standard InChI is InChI=1S/C11H11ClN4O2S/c12-10-4-5-14-11(15-10)16-19(17,18)7-8-2-1-3-9(13)6-8/h1-6H,7,13H2,(H,14,15,16). The highest BCUT2D eigenvalue weighted by molar-refractivity contribution is 7.91. The molecule has 1 heterocycles. The second-order valence-corrected chi connectivity index (χ2v) is 5.92. The zero-order valence-electron chi connectivity index (χ0n) is 9.75. The van der Waals surface area contributed by atoms with Gasteiger partial charge in [-0.25, -0.2) is 18.4 Å². The molecule has 0 bridgehead atoms. The van der Waals surface area contributed by atoms with Crippen molar-refractivity contribution < 1.29 is 8.42 Å². The highest BCUT2D eigenvalue weighted by Gasteiger charge is 2.13. The van der Waals surface area contributed by atoms with Gasteiger partial charge in [-0.3, -0.25) is 4.72 Å². The number of hydrogen-bond donors (Lipinski definition) is 2. The fourth-order valence-electron chi connectivity index (χ4n) is 1.46. The molecule has 3 N–H and O–H groups in total. The highest BCUT2D eigenvalue weighted by Crippen LogP contribution is 2.13. The van der Waals surface area contributed by atoms with Crippen molar-refractivity contribution in [2.24, 2.45) is 0 Å². The van der Waals surface area contributed by atoms with Crippen molar-refractivity contribution in [1.82, 2.24) is 9.97 Å². The van der Waals surface area contributed by atoms with E-state index in [-0.39, 0.29) is 16.9 Å². The van der Waals surface area contributed by atoms with Crippen LogP contribution in [0.4, 0.5) is 11.6 Å². The Morgan fingerprint density at radius 3 is 2.79 bits per heavy atom. The molecule has 19 heavy (non-hydrogen) atoms. The molecule has 0 aliphatic rings. The van der Waals surface area contributed by atoms with E-state index in [9.17, 15) is 8.42 Å². The molecule has 8 heteroatoms. The molecule has 0 fully saturated rings. The fourth-order valence-corrected chi connectivity index (χ4v) is 2.67. The Morgan fingerprint density at radius 1 is 1.32 bits per heavy atom. The van der Waals surface area contributed by atoms with Crippen molar-refractivity contribution in [3.63, 3.8) is 0 Å². The fraction of sp³-hybridized carbons (Fsp3) is 0.0909. The number of anilines is 2. The molecule has 0 amide bonds. The van der Waals surface area contributed by atoms with Crippen molar-refractivity contribution in [3.8, 4) is 0 Å². The van der Waals surface area contributed by atoms with Gasteiger partial charge < -0.3 is 5.73 Å². The van der Waals surface area contributed by atoms with E-state index in [0.29, 0.717) is 11.3 Å². The van der Waals surface area contributed by atoms with Crippen LogP contribution in [0.5, 0.6) is 0 Å². The third-order valence-electron chi connectivity index (χ3n) is 2.18. The molecule has 0 aliphatic carbocycles. The zero-order chi connectivity index (χ0) is 13.9. The lowest BCUT2D eigenvalue weighted by atomic mass is 10.2. The van der Waals surface area contributed by atoms with Crippen LogP contribution in [0.3, 0.4) is 0 Å². The molecule has 2 aromatic rings. The maximum Gasteiger partial charge on any atom is 0.239 e. The van der Waals surface area contributed by atoms with Gasteiger partial charge in [-0.15, -0.1) is 0 Å². The van der Waals surface area contributed by atoms with Crippen LogP contribution < -0.4 is 10.5 Å². The molecule has 1 aromatic carbocycles. The molecular weight excluding hydrogens is 288 g/mol. The maximum atomic E-state index is 11.9. The Balaban J connectivity index is 2.15. The Morgan fingerprint density at radius 2 is 2.11 bits per heavy atom. The summed E-state index contributed by atoms with van der Waals surface area (Å²) >= 11 is 5.65. The molecule has 0 saturated heterocycles. The number of benzene rings is 1. The first kappa shape index (κ1) is 13.6. The third-order valence-corrected chi connectivity index (χ3v) is 3.59. The van der Waals surface area contributed by atoms with E-state index in [4.69, 9.17) is 17.3 Å². The number of nitrogens with zero attached hydrogens (tertiary/aromatic N) is 2. The Hall–Kier alpha value is -1.86. The van der Waals surface area contributed by atoms with Crippen molar-refractivity contribution in [2.45, 2.75) is 5.75 Å². The molecule has 2 rings (SSSR count). The van der Waals surface area contributed by atoms with Crippen LogP contribution in [0.2, 0.25) is 5.15 Å². The van der Waals surface area contributed by atoms with E-state index >= 15 is 0 Å². The largest absolute Gasteiger partial charge is 0.399 e. The van der Waals surface area contributed by atoms with Crippen molar-refractivity contribution in [1.29, 1.82) is 0 Å². The molecule has 100 valence electrons. The first-order valence-corrected chi connectivity index (χ1v) is 7.31. The quantitative estimate of drug-likeness (QED) is 0.660. The highest BCUT2D eigenvalue weighted by atomic mass is 35.5. The summed E-state index contributed by atoms with van der Waals surface area (Å²) in [5.41, 5.74) is 6.68. The molecule has 0 spiro atoms. The predicted octanol–water partition coefficient (Wildman–Crippen LogP) is 1.65. The molecule has 0 atom stereocenters. The summed E-state index contributed by atoms with van der Waals surface area (Å²) < 4.78 is 26.1. The van der Waals surface area contributed by atoms with Crippen molar-refractivity contribution in [3.05, 3.63) is 47.2 Å². The van der Waals surface area contributed by atoms with Gasteiger partial charge >= 0.3 is 0 Å². The number of hydrogen-bond acceptors (Lipinski definition) is 5. The minimum absolute atomic E-state index is 0.0589. The summed E-state index contributed by atoms with van der Waals surface area (Å²) in [7, 11) is -3.61. The smallest absolute Gasteiger partial charge is 0.239 e. The predicted molar refractivity (Wildman–Crippen MR) is 74.1 cm³/mol. The van der Waals surface area contributed by atoms with Gasteiger partial charge in [0.05, 0.1) is 5.75 Å². The van der Waals surface area contributed by atoms with Gasteiger partial charge in [0.15, 0.2) is 0 Å². The van der Waals surface area contributed by atoms with E-state index in [1.807, 2.05) is 0 Å². The number of rotatable bonds is 4. The lowest BCUT2D eigenvalue weighted by Crippen LogP contribution is -2.17. The number of nitrogen functional groups attached to an aromatic ring is 1. The molecule has 0 aliphatic heterocycles. The van der Waals surface area contributed by atoms with Crippen molar-refractivity contribution in [2.75, 3.05) is 10.5 Å². The van der Waals surface area contributed by atoms with Gasteiger partial charge in [0.25, 0.3) is 0 Å². The van der Waals surface area contributed by atoms with E-state index < -0.39 is 10.0 Å². The van der Waals surface area contributed by atoms with E-state index in [1.165, 1.54) is 12.3 Å². The first-order valence-electron chi connectivity index (χ1n) is 5.28. The number of nitrogens with two attached hydrogens (primary N) is 1. The number of sulfonamides is 1. The summed E-state index contributed by atoms with van der Waals surface area (Å²) in [6, 6.07) is 8.10. The third kappa shape index (κ3) is 4.08. The summed E-state index contributed by atoms with van der Waals surface area (Å²) in [5, 5.41) is 0.164. The van der Waals surface area contributed by atoms with Crippen LogP contribution in [0.25, 0.3) is 0 Å². The molecular formula is C11H11ClN4O2S. The lowest BCUT2D eigenvalue weighted by molar-refractivity contribution is 0.600. The van der Waals surface area contributed by atoms with Gasteiger partial charge in [0, 0.05) is 11.9 Å². The van der Waals surface area contributed by atoms with Crippen LogP contribution in [0, 0.1) is 0 Å². The van der Waals surface area contributed by atoms with Gasteiger partial charge in [-0.2, -0.15) is 0 Å². The second kappa shape index (κ2) is 5.41. The number of aromatic nitrogens is 2. The normalized spacial score (nSPS) is 11.2. The second-order valence-electron chi connectivity index (χ2n) is 3.81. The Kier molecular flexibility index (Phi) is 3.87. The SMILES string of the molecule is Nc1cccc(CS(=O)(=O)Nc2nccc(Cl)n2)c1. The minimum Gasteiger partial charge on any atom is -0.399 e. The van der Waals surface area contributed by atoms with Crippen LogP contribution in [-0.2, 0) is 15.8 Å². The maximum absolute atomic E-state index is 11.9. The Bertz CT molecular complexity index is 637. The molecule has 0 saturated carbocycles. The summed E-state index contributed by atoms with van der Waals surface area (Å²) in [6.07, 6.45) is 1.37. The Labute approximate surface area is 115 Å². The van der Waals surface area contributed by atoms with Gasteiger partial charge in [-0.1, -0.05) is 23.7 Å². The van der Waals surface area contributed by atoms with Crippen LogP contribution in [-0.4, -0.2) is 18.4 Å². The van der Waals surface area contributed by atoms with Crippen LogP contribution in [0.15, 0.2) is 36.5 Å². The monoisotopic (exact) mass is 298 g/mol. The van der Waals surface area contributed by atoms with Crippen LogP contribution >= 0.6 is 11.6 Å². The minimum atomic E-state index is -3.61. The average molecular weight is 299 g/mol. The van der Waals surface area contributed by atoms with Gasteiger partial charge in [0.1, 0.15) is 5.15 Å². The lowest BCUT2D eigenvalue weighted by Gasteiger charge is -2.07. The summed E-state index contributed by atoms with van der Waals surface area (Å²) in [4.78, 5) is 7.53.